The van der Waals surface area contributed by atoms with E-state index in [0.717, 1.165) is 30.2 Å². The van der Waals surface area contributed by atoms with E-state index in [2.05, 4.69) is 10.3 Å². The molecule has 5 heteroatoms. The van der Waals surface area contributed by atoms with Crippen LogP contribution in [0, 0.1) is 5.82 Å². The summed E-state index contributed by atoms with van der Waals surface area (Å²) in [7, 11) is 1.79. The van der Waals surface area contributed by atoms with Crippen molar-refractivity contribution in [1.29, 1.82) is 0 Å². The predicted molar refractivity (Wildman–Crippen MR) is 80.7 cm³/mol. The number of hydrogen-bond donors (Lipinski definition) is 2. The minimum Gasteiger partial charge on any atom is -0.358 e. The van der Waals surface area contributed by atoms with Gasteiger partial charge in [0, 0.05) is 29.1 Å². The highest BCUT2D eigenvalue weighted by atomic mass is 19.1. The van der Waals surface area contributed by atoms with Gasteiger partial charge in [-0.05, 0) is 30.9 Å². The maximum Gasteiger partial charge on any atom is 0.219 e. The molecule has 1 aromatic carbocycles. The molecule has 0 bridgehead atoms. The minimum atomic E-state index is -0.174. The first kappa shape index (κ1) is 13.2. The number of amides is 1. The first-order valence-electron chi connectivity index (χ1n) is 7.17. The fourth-order valence-corrected chi connectivity index (χ4v) is 3.00. The second kappa shape index (κ2) is 4.96. The normalized spacial score (nSPS) is 18.0. The summed E-state index contributed by atoms with van der Waals surface area (Å²) in [5.41, 5.74) is 3.95. The summed E-state index contributed by atoms with van der Waals surface area (Å²) in [5, 5.41) is 4.16. The third-order valence-corrected chi connectivity index (χ3v) is 4.15. The third kappa shape index (κ3) is 2.21. The van der Waals surface area contributed by atoms with Gasteiger partial charge >= 0.3 is 0 Å². The molecular formula is C15H18BFN2O. The van der Waals surface area contributed by atoms with E-state index in [0.29, 0.717) is 11.9 Å². The molecule has 0 saturated carbocycles. The number of rotatable bonds is 2. The molecule has 1 aromatic heterocycles. The van der Waals surface area contributed by atoms with Crippen LogP contribution < -0.4 is 10.8 Å². The highest BCUT2D eigenvalue weighted by Crippen LogP contribution is 2.29. The fourth-order valence-electron chi connectivity index (χ4n) is 3.00. The highest BCUT2D eigenvalue weighted by molar-refractivity contribution is 6.33. The van der Waals surface area contributed by atoms with Crippen molar-refractivity contribution in [2.75, 3.05) is 0 Å². The average Bonchev–Trinajstić information content (AvgIpc) is 2.76. The molecule has 0 radical (unpaired) electrons. The van der Waals surface area contributed by atoms with Crippen LogP contribution in [0.2, 0.25) is 0 Å². The molecule has 0 spiro atoms. The number of H-pyrrole nitrogens is 1. The van der Waals surface area contributed by atoms with Gasteiger partial charge in [0.15, 0.2) is 0 Å². The quantitative estimate of drug-likeness (QED) is 0.785. The molecule has 2 aromatic rings. The van der Waals surface area contributed by atoms with Gasteiger partial charge in [0.25, 0.3) is 0 Å². The van der Waals surface area contributed by atoms with Crippen LogP contribution in [0.3, 0.4) is 0 Å². The van der Waals surface area contributed by atoms with Crippen LogP contribution >= 0.6 is 0 Å². The van der Waals surface area contributed by atoms with Gasteiger partial charge < -0.3 is 10.3 Å². The molecule has 0 fully saturated rings. The number of hydrogen-bond acceptors (Lipinski definition) is 1. The standard InChI is InChI=1S/C15H18BFN2O/c1-2-15(20)18-8-3-4-13-9(5-8)10-6-11(16)12(17)7-14(10)19-13/h6-8,19H,2-5,16H2,1H3,(H,18,20). The van der Waals surface area contributed by atoms with Crippen LogP contribution in [0.4, 0.5) is 4.39 Å². The molecule has 1 aliphatic carbocycles. The lowest BCUT2D eigenvalue weighted by Crippen LogP contribution is -2.38. The number of aromatic amines is 1. The lowest BCUT2D eigenvalue weighted by molar-refractivity contribution is -0.121. The second-order valence-corrected chi connectivity index (χ2v) is 5.59. The molecule has 1 unspecified atom stereocenters. The Balaban J connectivity index is 1.95. The third-order valence-electron chi connectivity index (χ3n) is 4.15. The summed E-state index contributed by atoms with van der Waals surface area (Å²) in [5.74, 6) is -0.0764. The van der Waals surface area contributed by atoms with Gasteiger partial charge in [0.05, 0.1) is 0 Å². The first-order chi connectivity index (χ1) is 9.58. The van der Waals surface area contributed by atoms with Crippen LogP contribution in [-0.4, -0.2) is 24.8 Å². The van der Waals surface area contributed by atoms with Gasteiger partial charge in [0.2, 0.25) is 5.91 Å². The smallest absolute Gasteiger partial charge is 0.219 e. The van der Waals surface area contributed by atoms with E-state index in [-0.39, 0.29) is 17.8 Å². The topological polar surface area (TPSA) is 44.9 Å². The Labute approximate surface area is 118 Å². The van der Waals surface area contributed by atoms with Crippen LogP contribution in [0.15, 0.2) is 12.1 Å². The SMILES string of the molecule is Bc1cc2c3c([nH]c2cc1F)CCC(NC(=O)CC)C3. The molecule has 0 aliphatic heterocycles. The Hall–Kier alpha value is -1.78. The molecule has 0 saturated heterocycles. The Kier molecular flexibility index (Phi) is 3.28. The first-order valence-corrected chi connectivity index (χ1v) is 7.17. The van der Waals surface area contributed by atoms with Crippen LogP contribution in [0.25, 0.3) is 10.9 Å². The molecule has 1 heterocycles. The zero-order valence-corrected chi connectivity index (χ0v) is 11.8. The number of halogens is 1. The van der Waals surface area contributed by atoms with Crippen LogP contribution in [0.5, 0.6) is 0 Å². The summed E-state index contributed by atoms with van der Waals surface area (Å²) < 4.78 is 13.6. The van der Waals surface area contributed by atoms with Gasteiger partial charge in [-0.3, -0.25) is 4.79 Å². The van der Waals surface area contributed by atoms with Gasteiger partial charge in [-0.1, -0.05) is 18.5 Å². The van der Waals surface area contributed by atoms with Gasteiger partial charge in [-0.2, -0.15) is 0 Å². The van der Waals surface area contributed by atoms with E-state index in [4.69, 9.17) is 0 Å². The zero-order valence-electron chi connectivity index (χ0n) is 11.8. The van der Waals surface area contributed by atoms with E-state index in [1.165, 1.54) is 11.3 Å². The largest absolute Gasteiger partial charge is 0.358 e. The van der Waals surface area contributed by atoms with Crippen molar-refractivity contribution in [3.05, 3.63) is 29.2 Å². The lowest BCUT2D eigenvalue weighted by atomic mass is 9.88. The van der Waals surface area contributed by atoms with E-state index >= 15 is 0 Å². The summed E-state index contributed by atoms with van der Waals surface area (Å²) >= 11 is 0. The van der Waals surface area contributed by atoms with Crippen LogP contribution in [0.1, 0.15) is 31.0 Å². The predicted octanol–water partition coefficient (Wildman–Crippen LogP) is 0.949. The molecule has 1 amide bonds. The molecular weight excluding hydrogens is 254 g/mol. The maximum absolute atomic E-state index is 13.6. The number of fused-ring (bicyclic) bond motifs is 3. The molecule has 104 valence electrons. The van der Waals surface area contributed by atoms with Gasteiger partial charge in [0.1, 0.15) is 13.7 Å². The molecule has 2 N–H and O–H groups in total. The number of aromatic nitrogens is 1. The number of carbonyl (C=O) groups is 1. The summed E-state index contributed by atoms with van der Waals surface area (Å²) in [6.45, 7) is 1.86. The molecule has 1 aliphatic rings. The minimum absolute atomic E-state index is 0.0977. The van der Waals surface area contributed by atoms with Crippen molar-refractivity contribution in [1.82, 2.24) is 10.3 Å². The number of benzene rings is 1. The van der Waals surface area contributed by atoms with Crippen molar-refractivity contribution in [2.24, 2.45) is 0 Å². The second-order valence-electron chi connectivity index (χ2n) is 5.59. The Morgan fingerprint density at radius 2 is 2.35 bits per heavy atom. The van der Waals surface area contributed by atoms with Crippen LogP contribution in [-0.2, 0) is 17.6 Å². The van der Waals surface area contributed by atoms with Crippen molar-refractivity contribution >= 4 is 30.1 Å². The Bertz CT molecular complexity index is 680. The highest BCUT2D eigenvalue weighted by Gasteiger charge is 2.23. The number of aryl methyl sites for hydroxylation is 1. The van der Waals surface area contributed by atoms with Crippen molar-refractivity contribution in [3.8, 4) is 0 Å². The van der Waals surface area contributed by atoms with Gasteiger partial charge in [-0.15, -0.1) is 0 Å². The number of carbonyl (C=O) groups excluding carboxylic acids is 1. The average molecular weight is 272 g/mol. The summed E-state index contributed by atoms with van der Waals surface area (Å²) in [4.78, 5) is 14.8. The van der Waals surface area contributed by atoms with E-state index < -0.39 is 0 Å². The van der Waals surface area contributed by atoms with E-state index in [9.17, 15) is 9.18 Å². The molecule has 1 atom stereocenters. The summed E-state index contributed by atoms with van der Waals surface area (Å²) in [6, 6.07) is 3.67. The monoisotopic (exact) mass is 272 g/mol. The van der Waals surface area contributed by atoms with Crippen molar-refractivity contribution in [3.63, 3.8) is 0 Å². The zero-order chi connectivity index (χ0) is 14.3. The van der Waals surface area contributed by atoms with E-state index in [1.54, 1.807) is 13.9 Å². The maximum atomic E-state index is 13.6. The Morgan fingerprint density at radius 1 is 1.55 bits per heavy atom. The van der Waals surface area contributed by atoms with Crippen molar-refractivity contribution < 1.29 is 9.18 Å². The lowest BCUT2D eigenvalue weighted by Gasteiger charge is -2.23. The fraction of sp³-hybridized carbons (Fsp3) is 0.400. The molecule has 3 nitrogen and oxygen atoms in total. The number of nitrogens with one attached hydrogen (secondary N) is 2. The summed E-state index contributed by atoms with van der Waals surface area (Å²) in [6.07, 6.45) is 3.18. The van der Waals surface area contributed by atoms with Crippen molar-refractivity contribution in [2.45, 2.75) is 38.6 Å². The molecule has 20 heavy (non-hydrogen) atoms. The van der Waals surface area contributed by atoms with E-state index in [1.807, 2.05) is 13.0 Å². The van der Waals surface area contributed by atoms with Gasteiger partial charge in [-0.25, -0.2) is 4.39 Å². The molecule has 3 rings (SSSR count). The Morgan fingerprint density at radius 3 is 3.10 bits per heavy atom.